The van der Waals surface area contributed by atoms with Gasteiger partial charge in [-0.1, -0.05) is 29.6 Å². The van der Waals surface area contributed by atoms with E-state index in [1.54, 1.807) is 0 Å². The van der Waals surface area contributed by atoms with Crippen molar-refractivity contribution in [2.45, 2.75) is 38.1 Å². The lowest BCUT2D eigenvalue weighted by Gasteiger charge is -2.24. The van der Waals surface area contributed by atoms with Crippen LogP contribution >= 0.6 is 15.9 Å². The van der Waals surface area contributed by atoms with Gasteiger partial charge in [-0.3, -0.25) is 5.41 Å². The van der Waals surface area contributed by atoms with Crippen LogP contribution in [0.5, 0.6) is 0 Å². The molecule has 0 bridgehead atoms. The van der Waals surface area contributed by atoms with Gasteiger partial charge in [-0.25, -0.2) is 4.39 Å². The van der Waals surface area contributed by atoms with Crippen molar-refractivity contribution in [2.75, 3.05) is 10.6 Å². The number of anilines is 2. The van der Waals surface area contributed by atoms with Gasteiger partial charge in [0.05, 0.1) is 4.47 Å². The number of hydrogen-bond acceptors (Lipinski definition) is 5. The molecular formula is C17H20BrFN6O2. The van der Waals surface area contributed by atoms with Crippen molar-refractivity contribution in [1.29, 1.82) is 5.41 Å². The zero-order chi connectivity index (χ0) is 19.2. The SMILES string of the molecule is N=C(Nc1nocc1/C(=N/O)Nc1ccc(F)c(Br)c1)NC1CCCCC1. The van der Waals surface area contributed by atoms with Crippen molar-refractivity contribution < 1.29 is 14.1 Å². The number of hydrogen-bond donors (Lipinski definition) is 5. The molecule has 0 amide bonds. The molecule has 3 rings (SSSR count). The van der Waals surface area contributed by atoms with Crippen LogP contribution in [0.2, 0.25) is 0 Å². The number of amidine groups is 1. The van der Waals surface area contributed by atoms with Gasteiger partial charge < -0.3 is 25.7 Å². The summed E-state index contributed by atoms with van der Waals surface area (Å²) >= 11 is 3.10. The molecule has 0 aliphatic heterocycles. The second-order valence-corrected chi connectivity index (χ2v) is 7.11. The molecule has 1 aromatic carbocycles. The Bertz CT molecular complexity index is 835. The first-order chi connectivity index (χ1) is 13.1. The number of nitrogens with one attached hydrogen (secondary N) is 4. The minimum atomic E-state index is -0.405. The number of aromatic nitrogens is 1. The third kappa shape index (κ3) is 4.97. The van der Waals surface area contributed by atoms with E-state index in [0.717, 1.165) is 25.7 Å². The summed E-state index contributed by atoms with van der Waals surface area (Å²) in [5.41, 5.74) is 0.826. The van der Waals surface area contributed by atoms with Gasteiger partial charge in [-0.15, -0.1) is 0 Å². The van der Waals surface area contributed by atoms with Gasteiger partial charge in [-0.2, -0.15) is 0 Å². The van der Waals surface area contributed by atoms with Crippen LogP contribution in [-0.2, 0) is 0 Å². The lowest BCUT2D eigenvalue weighted by molar-refractivity contribution is 0.319. The zero-order valence-electron chi connectivity index (χ0n) is 14.4. The van der Waals surface area contributed by atoms with E-state index in [1.165, 1.54) is 30.9 Å². The minimum Gasteiger partial charge on any atom is -0.409 e. The maximum Gasteiger partial charge on any atom is 0.194 e. The van der Waals surface area contributed by atoms with Crippen molar-refractivity contribution in [1.82, 2.24) is 10.5 Å². The molecule has 1 fully saturated rings. The summed E-state index contributed by atoms with van der Waals surface area (Å²) in [5.74, 6) is -0.0380. The average Bonchev–Trinajstić information content (AvgIpc) is 3.11. The largest absolute Gasteiger partial charge is 0.409 e. The van der Waals surface area contributed by atoms with Crippen molar-refractivity contribution in [3.8, 4) is 0 Å². The Morgan fingerprint density at radius 1 is 1.30 bits per heavy atom. The van der Waals surface area contributed by atoms with E-state index in [2.05, 4.69) is 42.2 Å². The molecule has 0 unspecified atom stereocenters. The van der Waals surface area contributed by atoms with E-state index in [4.69, 9.17) is 9.93 Å². The van der Waals surface area contributed by atoms with Crippen molar-refractivity contribution >= 4 is 39.2 Å². The van der Waals surface area contributed by atoms with Gasteiger partial charge >= 0.3 is 0 Å². The van der Waals surface area contributed by atoms with Gasteiger partial charge in [0.2, 0.25) is 0 Å². The van der Waals surface area contributed by atoms with Crippen LogP contribution in [0, 0.1) is 11.2 Å². The van der Waals surface area contributed by atoms with Gasteiger partial charge in [0.25, 0.3) is 0 Å². The normalized spacial score (nSPS) is 15.4. The molecule has 0 radical (unpaired) electrons. The van der Waals surface area contributed by atoms with Gasteiger partial charge in [0.15, 0.2) is 17.6 Å². The molecule has 1 aliphatic rings. The number of halogens is 2. The summed E-state index contributed by atoms with van der Waals surface area (Å²) in [6.07, 6.45) is 6.88. The summed E-state index contributed by atoms with van der Waals surface area (Å²) in [6, 6.07) is 4.54. The third-order valence-electron chi connectivity index (χ3n) is 4.30. The number of benzene rings is 1. The lowest BCUT2D eigenvalue weighted by atomic mass is 9.96. The Morgan fingerprint density at radius 3 is 2.78 bits per heavy atom. The second-order valence-electron chi connectivity index (χ2n) is 6.26. The number of rotatable bonds is 4. The Hall–Kier alpha value is -2.62. The summed E-state index contributed by atoms with van der Waals surface area (Å²) in [7, 11) is 0. The average molecular weight is 439 g/mol. The lowest BCUT2D eigenvalue weighted by Crippen LogP contribution is -2.39. The van der Waals surface area contributed by atoms with Crippen LogP contribution in [0.4, 0.5) is 15.9 Å². The van der Waals surface area contributed by atoms with Crippen LogP contribution < -0.4 is 16.0 Å². The third-order valence-corrected chi connectivity index (χ3v) is 4.91. The fourth-order valence-corrected chi connectivity index (χ4v) is 3.34. The molecule has 1 aliphatic carbocycles. The highest BCUT2D eigenvalue weighted by Gasteiger charge is 2.19. The number of guanidine groups is 1. The fraction of sp³-hybridized carbons (Fsp3) is 0.353. The highest BCUT2D eigenvalue weighted by atomic mass is 79.9. The van der Waals surface area contributed by atoms with Gasteiger partial charge in [0.1, 0.15) is 17.6 Å². The smallest absolute Gasteiger partial charge is 0.194 e. The first kappa shape index (κ1) is 19.2. The first-order valence-corrected chi connectivity index (χ1v) is 9.37. The van der Waals surface area contributed by atoms with Crippen molar-refractivity contribution in [3.05, 3.63) is 40.3 Å². The van der Waals surface area contributed by atoms with Crippen molar-refractivity contribution in [2.24, 2.45) is 5.16 Å². The van der Waals surface area contributed by atoms with E-state index in [1.807, 2.05) is 0 Å². The molecule has 1 saturated carbocycles. The first-order valence-electron chi connectivity index (χ1n) is 8.58. The van der Waals surface area contributed by atoms with E-state index in [0.29, 0.717) is 11.3 Å². The maximum atomic E-state index is 13.4. The number of nitrogens with zero attached hydrogens (tertiary/aromatic N) is 2. The molecule has 1 aromatic heterocycles. The van der Waals surface area contributed by atoms with Crippen LogP contribution in [0.25, 0.3) is 0 Å². The maximum absolute atomic E-state index is 13.4. The molecule has 0 saturated heterocycles. The van der Waals surface area contributed by atoms with Crippen molar-refractivity contribution in [3.63, 3.8) is 0 Å². The van der Waals surface area contributed by atoms with E-state index < -0.39 is 5.82 Å². The Balaban J connectivity index is 1.68. The molecule has 8 nitrogen and oxygen atoms in total. The Labute approximate surface area is 163 Å². The summed E-state index contributed by atoms with van der Waals surface area (Å²) in [4.78, 5) is 0. The minimum absolute atomic E-state index is 0.0442. The molecule has 2 aromatic rings. The summed E-state index contributed by atoms with van der Waals surface area (Å²) in [5, 5.41) is 33.3. The standard InChI is InChI=1S/C17H20BrFN6O2/c18-13-8-11(6-7-14(13)19)21-15(24-26)12-9-27-25-16(12)23-17(20)22-10-4-2-1-3-5-10/h6-10,26H,1-5H2,(H,21,24)(H3,20,22,23,25). The van der Waals surface area contributed by atoms with Gasteiger partial charge in [-0.05, 0) is 47.0 Å². The van der Waals surface area contributed by atoms with E-state index in [9.17, 15) is 9.60 Å². The molecule has 144 valence electrons. The topological polar surface area (TPSA) is 119 Å². The Morgan fingerprint density at radius 2 is 2.07 bits per heavy atom. The highest BCUT2D eigenvalue weighted by Crippen LogP contribution is 2.22. The predicted molar refractivity (Wildman–Crippen MR) is 104 cm³/mol. The molecule has 0 spiro atoms. The van der Waals surface area contributed by atoms with Crippen LogP contribution in [0.1, 0.15) is 37.7 Å². The molecule has 1 heterocycles. The fourth-order valence-electron chi connectivity index (χ4n) is 2.96. The quantitative estimate of drug-likeness (QED) is 0.212. The second kappa shape index (κ2) is 8.85. The molecule has 5 N–H and O–H groups in total. The molecule has 0 atom stereocenters. The highest BCUT2D eigenvalue weighted by molar-refractivity contribution is 9.10. The monoisotopic (exact) mass is 438 g/mol. The van der Waals surface area contributed by atoms with Gasteiger partial charge in [0, 0.05) is 11.7 Å². The van der Waals surface area contributed by atoms with Crippen LogP contribution in [0.15, 0.2) is 38.6 Å². The summed E-state index contributed by atoms with van der Waals surface area (Å²) in [6.45, 7) is 0. The van der Waals surface area contributed by atoms with E-state index in [-0.39, 0.29) is 28.1 Å². The molecule has 10 heteroatoms. The molecule has 27 heavy (non-hydrogen) atoms. The van der Waals surface area contributed by atoms with Crippen LogP contribution in [0.3, 0.4) is 0 Å². The summed E-state index contributed by atoms with van der Waals surface area (Å²) < 4.78 is 18.6. The molecular weight excluding hydrogens is 419 g/mol. The zero-order valence-corrected chi connectivity index (χ0v) is 16.0. The number of oxime groups is 1. The van der Waals surface area contributed by atoms with Crippen LogP contribution in [-0.4, -0.2) is 28.2 Å². The van der Waals surface area contributed by atoms with E-state index >= 15 is 0 Å². The predicted octanol–water partition coefficient (Wildman–Crippen LogP) is 4.09. The Kier molecular flexibility index (Phi) is 6.28.